The number of rotatable bonds is 1. The number of ketones is 1. The van der Waals surface area contributed by atoms with Gasteiger partial charge in [-0.2, -0.15) is 0 Å². The Morgan fingerprint density at radius 1 is 1.46 bits per heavy atom. The second-order valence-corrected chi connectivity index (χ2v) is 3.29. The molecule has 1 heterocycles. The zero-order valence-corrected chi connectivity index (χ0v) is 7.74. The predicted molar refractivity (Wildman–Crippen MR) is 52.9 cm³/mol. The third kappa shape index (κ3) is 1.16. The first-order chi connectivity index (χ1) is 6.20. The average Bonchev–Trinajstić information content (AvgIpc) is 2.45. The van der Waals surface area contributed by atoms with Crippen LogP contribution in [0.15, 0.2) is 24.3 Å². The quantitative estimate of drug-likeness (QED) is 0.703. The molecule has 2 rings (SSSR count). The van der Waals surface area contributed by atoms with Crippen LogP contribution in [0.1, 0.15) is 6.92 Å². The van der Waals surface area contributed by atoms with E-state index in [1.807, 2.05) is 36.2 Å². The van der Waals surface area contributed by atoms with Crippen LogP contribution in [0.25, 0.3) is 0 Å². The topological polar surface area (TPSA) is 32.3 Å². The summed E-state index contributed by atoms with van der Waals surface area (Å²) in [5.74, 6) is 0.138. The third-order valence-electron chi connectivity index (χ3n) is 2.35. The zero-order valence-electron chi connectivity index (χ0n) is 7.74. The maximum absolute atomic E-state index is 11.2. The molecule has 13 heavy (non-hydrogen) atoms. The molecule has 1 N–H and O–H groups in total. The maximum Gasteiger partial charge on any atom is 0.172 e. The zero-order chi connectivity index (χ0) is 9.42. The van der Waals surface area contributed by atoms with E-state index in [1.54, 1.807) is 6.92 Å². The van der Waals surface area contributed by atoms with Crippen LogP contribution in [-0.2, 0) is 4.79 Å². The highest BCUT2D eigenvalue weighted by Gasteiger charge is 2.27. The fourth-order valence-corrected chi connectivity index (χ4v) is 1.66. The van der Waals surface area contributed by atoms with Crippen molar-refractivity contribution >= 4 is 17.2 Å². The molecule has 0 fully saturated rings. The number of para-hydroxylation sites is 2. The van der Waals surface area contributed by atoms with Crippen molar-refractivity contribution < 1.29 is 4.79 Å². The van der Waals surface area contributed by atoms with Gasteiger partial charge in [-0.25, -0.2) is 0 Å². The van der Waals surface area contributed by atoms with Crippen LogP contribution < -0.4 is 10.2 Å². The molecule has 3 nitrogen and oxygen atoms in total. The monoisotopic (exact) mass is 176 g/mol. The van der Waals surface area contributed by atoms with Gasteiger partial charge in [-0.05, 0) is 19.1 Å². The lowest BCUT2D eigenvalue weighted by atomic mass is 10.3. The number of fused-ring (bicyclic) bond motifs is 1. The van der Waals surface area contributed by atoms with Crippen molar-refractivity contribution in [3.05, 3.63) is 24.3 Å². The molecule has 0 amide bonds. The number of carbonyl (C=O) groups excluding carboxylic acids is 1. The molecule has 0 saturated carbocycles. The number of nitrogens with zero attached hydrogens (tertiary/aromatic N) is 1. The number of nitrogens with one attached hydrogen (secondary N) is 1. The number of benzene rings is 1. The summed E-state index contributed by atoms with van der Waals surface area (Å²) < 4.78 is 0. The molecule has 0 aromatic heterocycles. The molecular formula is C10H12N2O. The Hall–Kier alpha value is -1.51. The normalized spacial score (nSPS) is 19.5. The SMILES string of the molecule is CC(=O)C1Nc2ccccc2N1C. The van der Waals surface area contributed by atoms with E-state index >= 15 is 0 Å². The molecule has 0 aliphatic carbocycles. The largest absolute Gasteiger partial charge is 0.357 e. The van der Waals surface area contributed by atoms with Gasteiger partial charge in [-0.3, -0.25) is 4.79 Å². The van der Waals surface area contributed by atoms with Gasteiger partial charge in [0, 0.05) is 7.05 Å². The molecule has 3 heteroatoms. The molecule has 1 aliphatic rings. The average molecular weight is 176 g/mol. The number of anilines is 2. The van der Waals surface area contributed by atoms with Crippen LogP contribution in [0.2, 0.25) is 0 Å². The van der Waals surface area contributed by atoms with E-state index in [4.69, 9.17) is 0 Å². The van der Waals surface area contributed by atoms with E-state index in [2.05, 4.69) is 5.32 Å². The van der Waals surface area contributed by atoms with Crippen LogP contribution in [0.5, 0.6) is 0 Å². The Kier molecular flexibility index (Phi) is 1.72. The highest BCUT2D eigenvalue weighted by atomic mass is 16.1. The van der Waals surface area contributed by atoms with E-state index in [-0.39, 0.29) is 11.9 Å². The summed E-state index contributed by atoms with van der Waals surface area (Å²) in [6.07, 6.45) is -0.197. The molecule has 0 radical (unpaired) electrons. The molecule has 1 aromatic carbocycles. The highest BCUT2D eigenvalue weighted by molar-refractivity contribution is 5.93. The standard InChI is InChI=1S/C10H12N2O/c1-7(13)10-11-8-5-3-4-6-9(8)12(10)2/h3-6,10-11H,1-2H3. The number of hydrogen-bond donors (Lipinski definition) is 1. The Balaban J connectivity index is 2.38. The van der Waals surface area contributed by atoms with Crippen LogP contribution in [0, 0.1) is 0 Å². The van der Waals surface area contributed by atoms with Crippen molar-refractivity contribution in [2.24, 2.45) is 0 Å². The van der Waals surface area contributed by atoms with Crippen molar-refractivity contribution in [2.75, 3.05) is 17.3 Å². The summed E-state index contributed by atoms with van der Waals surface area (Å²) in [4.78, 5) is 13.2. The lowest BCUT2D eigenvalue weighted by Crippen LogP contribution is -2.38. The minimum Gasteiger partial charge on any atom is -0.357 e. The fourth-order valence-electron chi connectivity index (χ4n) is 1.66. The molecule has 0 spiro atoms. The van der Waals surface area contributed by atoms with Crippen molar-refractivity contribution in [2.45, 2.75) is 13.1 Å². The minimum absolute atomic E-state index is 0.138. The van der Waals surface area contributed by atoms with Gasteiger partial charge in [0.1, 0.15) is 0 Å². The molecule has 0 saturated heterocycles. The Labute approximate surface area is 77.4 Å². The summed E-state index contributed by atoms with van der Waals surface area (Å²) in [5, 5.41) is 3.16. The van der Waals surface area contributed by atoms with Gasteiger partial charge in [-0.1, -0.05) is 12.1 Å². The summed E-state index contributed by atoms with van der Waals surface area (Å²) in [5.41, 5.74) is 2.12. The lowest BCUT2D eigenvalue weighted by molar-refractivity contribution is -0.117. The van der Waals surface area contributed by atoms with Crippen molar-refractivity contribution in [1.29, 1.82) is 0 Å². The van der Waals surface area contributed by atoms with Gasteiger partial charge in [0.05, 0.1) is 11.4 Å². The molecule has 1 unspecified atom stereocenters. The minimum atomic E-state index is -0.197. The van der Waals surface area contributed by atoms with E-state index in [9.17, 15) is 4.79 Å². The predicted octanol–water partition coefficient (Wildman–Crippen LogP) is 1.46. The summed E-state index contributed by atoms with van der Waals surface area (Å²) in [6.45, 7) is 1.60. The first-order valence-electron chi connectivity index (χ1n) is 4.29. The summed E-state index contributed by atoms with van der Waals surface area (Å²) >= 11 is 0. The summed E-state index contributed by atoms with van der Waals surface area (Å²) in [7, 11) is 1.92. The van der Waals surface area contributed by atoms with Gasteiger partial charge >= 0.3 is 0 Å². The van der Waals surface area contributed by atoms with Gasteiger partial charge in [0.2, 0.25) is 0 Å². The Morgan fingerprint density at radius 3 is 2.77 bits per heavy atom. The molecular weight excluding hydrogens is 164 g/mol. The van der Waals surface area contributed by atoms with Gasteiger partial charge < -0.3 is 10.2 Å². The molecule has 0 bridgehead atoms. The molecule has 1 aromatic rings. The fraction of sp³-hybridized carbons (Fsp3) is 0.300. The van der Waals surface area contributed by atoms with Crippen LogP contribution in [0.4, 0.5) is 11.4 Å². The number of likely N-dealkylation sites (N-methyl/N-ethyl adjacent to an activating group) is 1. The summed E-state index contributed by atoms with van der Waals surface area (Å²) in [6, 6.07) is 7.92. The molecule has 68 valence electrons. The molecule has 1 atom stereocenters. The van der Waals surface area contributed by atoms with Crippen LogP contribution in [0.3, 0.4) is 0 Å². The Morgan fingerprint density at radius 2 is 2.15 bits per heavy atom. The number of carbonyl (C=O) groups is 1. The lowest BCUT2D eigenvalue weighted by Gasteiger charge is -2.18. The van der Waals surface area contributed by atoms with E-state index < -0.39 is 0 Å². The second kappa shape index (κ2) is 2.76. The van der Waals surface area contributed by atoms with Gasteiger partial charge in [-0.15, -0.1) is 0 Å². The van der Waals surface area contributed by atoms with Crippen molar-refractivity contribution in [3.8, 4) is 0 Å². The number of Topliss-reactive ketones (excluding diaryl/α,β-unsaturated/α-hetero) is 1. The second-order valence-electron chi connectivity index (χ2n) is 3.29. The van der Waals surface area contributed by atoms with Crippen LogP contribution in [-0.4, -0.2) is 19.0 Å². The first-order valence-corrected chi connectivity index (χ1v) is 4.29. The smallest absolute Gasteiger partial charge is 0.172 e. The Bertz CT molecular complexity index is 349. The van der Waals surface area contributed by atoms with Gasteiger partial charge in [0.25, 0.3) is 0 Å². The van der Waals surface area contributed by atoms with Gasteiger partial charge in [0.15, 0.2) is 11.9 Å². The molecule has 1 aliphatic heterocycles. The van der Waals surface area contributed by atoms with Crippen molar-refractivity contribution in [3.63, 3.8) is 0 Å². The van der Waals surface area contributed by atoms with E-state index in [0.717, 1.165) is 11.4 Å². The van der Waals surface area contributed by atoms with Crippen molar-refractivity contribution in [1.82, 2.24) is 0 Å². The van der Waals surface area contributed by atoms with Crippen LogP contribution >= 0.6 is 0 Å². The van der Waals surface area contributed by atoms with E-state index in [1.165, 1.54) is 0 Å². The van der Waals surface area contributed by atoms with E-state index in [0.29, 0.717) is 0 Å². The number of hydrogen-bond acceptors (Lipinski definition) is 3. The third-order valence-corrected chi connectivity index (χ3v) is 2.35. The maximum atomic E-state index is 11.2. The first kappa shape index (κ1) is 8.10. The highest BCUT2D eigenvalue weighted by Crippen LogP contribution is 2.32.